The molecule has 0 saturated heterocycles. The molecular formula is C16H15NO2. The van der Waals surface area contributed by atoms with Crippen LogP contribution in [-0.4, -0.2) is 17.4 Å². The number of anilines is 1. The van der Waals surface area contributed by atoms with Crippen molar-refractivity contribution in [3.8, 4) is 5.75 Å². The summed E-state index contributed by atoms with van der Waals surface area (Å²) in [6.45, 7) is 0.944. The molecule has 1 aliphatic rings. The Hall–Kier alpha value is -2.29. The van der Waals surface area contributed by atoms with Gasteiger partial charge in [0, 0.05) is 24.2 Å². The van der Waals surface area contributed by atoms with Gasteiger partial charge in [0.2, 0.25) is 0 Å². The summed E-state index contributed by atoms with van der Waals surface area (Å²) < 4.78 is 0. The summed E-state index contributed by atoms with van der Waals surface area (Å²) in [4.78, 5) is 12.2. The summed E-state index contributed by atoms with van der Waals surface area (Å²) in [5, 5.41) is 12.7. The zero-order valence-corrected chi connectivity index (χ0v) is 10.5. The first-order valence-electron chi connectivity index (χ1n) is 6.40. The van der Waals surface area contributed by atoms with Gasteiger partial charge in [-0.25, -0.2) is 0 Å². The fraction of sp³-hybridized carbons (Fsp3) is 0.188. The van der Waals surface area contributed by atoms with Crippen molar-refractivity contribution in [1.29, 1.82) is 0 Å². The average molecular weight is 253 g/mol. The number of benzene rings is 2. The van der Waals surface area contributed by atoms with Gasteiger partial charge in [0.1, 0.15) is 5.75 Å². The van der Waals surface area contributed by atoms with Crippen LogP contribution in [0.25, 0.3) is 0 Å². The number of ketones is 1. The van der Waals surface area contributed by atoms with E-state index >= 15 is 0 Å². The van der Waals surface area contributed by atoms with Crippen molar-refractivity contribution in [3.05, 3.63) is 59.2 Å². The average Bonchev–Trinajstić information content (AvgIpc) is 2.85. The maximum atomic E-state index is 12.2. The van der Waals surface area contributed by atoms with Crippen LogP contribution in [-0.2, 0) is 12.8 Å². The number of phenols is 1. The van der Waals surface area contributed by atoms with Crippen LogP contribution in [0, 0.1) is 0 Å². The Morgan fingerprint density at radius 2 is 2.11 bits per heavy atom. The van der Waals surface area contributed by atoms with Crippen LogP contribution >= 0.6 is 0 Å². The molecule has 0 aliphatic carbocycles. The molecule has 3 rings (SSSR count). The van der Waals surface area contributed by atoms with Gasteiger partial charge < -0.3 is 10.4 Å². The Bertz CT molecular complexity index is 634. The minimum absolute atomic E-state index is 0.0836. The number of hydrogen-bond donors (Lipinski definition) is 2. The van der Waals surface area contributed by atoms with Gasteiger partial charge in [0.25, 0.3) is 0 Å². The lowest BCUT2D eigenvalue weighted by molar-refractivity contribution is 0.0993. The minimum Gasteiger partial charge on any atom is -0.508 e. The van der Waals surface area contributed by atoms with E-state index in [1.807, 2.05) is 24.3 Å². The molecule has 0 amide bonds. The van der Waals surface area contributed by atoms with Gasteiger partial charge >= 0.3 is 0 Å². The largest absolute Gasteiger partial charge is 0.508 e. The molecule has 1 aliphatic heterocycles. The predicted molar refractivity (Wildman–Crippen MR) is 74.8 cm³/mol. The first kappa shape index (κ1) is 11.8. The molecule has 1 heterocycles. The smallest absolute Gasteiger partial charge is 0.167 e. The third-order valence-electron chi connectivity index (χ3n) is 3.41. The molecule has 0 bridgehead atoms. The Balaban J connectivity index is 1.81. The van der Waals surface area contributed by atoms with Gasteiger partial charge in [-0.1, -0.05) is 12.1 Å². The van der Waals surface area contributed by atoms with Crippen molar-refractivity contribution >= 4 is 11.5 Å². The van der Waals surface area contributed by atoms with E-state index in [0.29, 0.717) is 6.42 Å². The van der Waals surface area contributed by atoms with Crippen LogP contribution in [0.5, 0.6) is 5.75 Å². The van der Waals surface area contributed by atoms with E-state index in [9.17, 15) is 9.90 Å². The zero-order chi connectivity index (χ0) is 13.2. The van der Waals surface area contributed by atoms with Crippen molar-refractivity contribution in [2.45, 2.75) is 12.8 Å². The first-order valence-corrected chi connectivity index (χ1v) is 6.40. The van der Waals surface area contributed by atoms with E-state index in [2.05, 4.69) is 5.32 Å². The SMILES string of the molecule is O=C(Cc1cccc(O)c1)c1ccc2c(c1)CCN2. The van der Waals surface area contributed by atoms with Crippen molar-refractivity contribution in [3.63, 3.8) is 0 Å². The van der Waals surface area contributed by atoms with Crippen LogP contribution in [0.4, 0.5) is 5.69 Å². The highest BCUT2D eigenvalue weighted by molar-refractivity contribution is 5.98. The lowest BCUT2D eigenvalue weighted by atomic mass is 10.0. The zero-order valence-electron chi connectivity index (χ0n) is 10.5. The molecule has 0 aromatic heterocycles. The molecule has 0 unspecified atom stereocenters. The highest BCUT2D eigenvalue weighted by Gasteiger charge is 2.13. The maximum absolute atomic E-state index is 12.2. The fourth-order valence-electron chi connectivity index (χ4n) is 2.43. The van der Waals surface area contributed by atoms with E-state index < -0.39 is 0 Å². The predicted octanol–water partition coefficient (Wildman–Crippen LogP) is 2.79. The molecule has 0 atom stereocenters. The monoisotopic (exact) mass is 253 g/mol. The summed E-state index contributed by atoms with van der Waals surface area (Å²) in [7, 11) is 0. The van der Waals surface area contributed by atoms with Crippen molar-refractivity contribution in [1.82, 2.24) is 0 Å². The molecule has 2 aromatic carbocycles. The number of carbonyl (C=O) groups excluding carboxylic acids is 1. The van der Waals surface area contributed by atoms with Gasteiger partial charge in [-0.15, -0.1) is 0 Å². The molecule has 0 spiro atoms. The Kier molecular flexibility index (Phi) is 2.95. The number of fused-ring (bicyclic) bond motifs is 1. The normalized spacial score (nSPS) is 12.8. The Morgan fingerprint density at radius 3 is 2.95 bits per heavy atom. The van der Waals surface area contributed by atoms with Crippen LogP contribution in [0.15, 0.2) is 42.5 Å². The second-order valence-corrected chi connectivity index (χ2v) is 4.82. The van der Waals surface area contributed by atoms with Crippen molar-refractivity contribution in [2.75, 3.05) is 11.9 Å². The number of rotatable bonds is 3. The summed E-state index contributed by atoms with van der Waals surface area (Å²) in [6, 6.07) is 12.7. The fourth-order valence-corrected chi connectivity index (χ4v) is 2.43. The highest BCUT2D eigenvalue weighted by Crippen LogP contribution is 2.24. The number of nitrogens with one attached hydrogen (secondary N) is 1. The van der Waals surface area contributed by atoms with Crippen LogP contribution in [0.2, 0.25) is 0 Å². The summed E-state index contributed by atoms with van der Waals surface area (Å²) in [6.07, 6.45) is 1.29. The molecule has 2 aromatic rings. The van der Waals surface area contributed by atoms with Gasteiger partial charge in [-0.3, -0.25) is 4.79 Å². The number of carbonyl (C=O) groups is 1. The second kappa shape index (κ2) is 4.76. The number of phenolic OH excluding ortho intramolecular Hbond substituents is 1. The third-order valence-corrected chi connectivity index (χ3v) is 3.41. The van der Waals surface area contributed by atoms with Gasteiger partial charge in [0.15, 0.2) is 5.78 Å². The van der Waals surface area contributed by atoms with Crippen LogP contribution in [0.1, 0.15) is 21.5 Å². The molecule has 19 heavy (non-hydrogen) atoms. The summed E-state index contributed by atoms with van der Waals surface area (Å²) >= 11 is 0. The van der Waals surface area contributed by atoms with E-state index in [1.165, 1.54) is 5.56 Å². The van der Waals surface area contributed by atoms with E-state index in [0.717, 1.165) is 29.8 Å². The lowest BCUT2D eigenvalue weighted by Gasteiger charge is -2.05. The van der Waals surface area contributed by atoms with Gasteiger partial charge in [0.05, 0.1) is 0 Å². The molecule has 96 valence electrons. The summed E-state index contributed by atoms with van der Waals surface area (Å²) in [5.41, 5.74) is 3.92. The lowest BCUT2D eigenvalue weighted by Crippen LogP contribution is -2.03. The topological polar surface area (TPSA) is 49.3 Å². The van der Waals surface area contributed by atoms with Crippen LogP contribution < -0.4 is 5.32 Å². The maximum Gasteiger partial charge on any atom is 0.167 e. The number of aromatic hydroxyl groups is 1. The third kappa shape index (κ3) is 2.45. The van der Waals surface area contributed by atoms with E-state index in [1.54, 1.807) is 18.2 Å². The van der Waals surface area contributed by atoms with E-state index in [-0.39, 0.29) is 11.5 Å². The molecular weight excluding hydrogens is 238 g/mol. The molecule has 3 heteroatoms. The molecule has 0 fully saturated rings. The Morgan fingerprint density at radius 1 is 1.21 bits per heavy atom. The Labute approximate surface area is 111 Å². The van der Waals surface area contributed by atoms with Crippen molar-refractivity contribution in [2.24, 2.45) is 0 Å². The minimum atomic E-state index is 0.0836. The molecule has 2 N–H and O–H groups in total. The van der Waals surface area contributed by atoms with Crippen molar-refractivity contribution < 1.29 is 9.90 Å². The number of Topliss-reactive ketones (excluding diaryl/α,β-unsaturated/α-hetero) is 1. The van der Waals surface area contributed by atoms with E-state index in [4.69, 9.17) is 0 Å². The summed E-state index contributed by atoms with van der Waals surface area (Å²) in [5.74, 6) is 0.281. The first-order chi connectivity index (χ1) is 9.22. The molecule has 0 saturated carbocycles. The quantitative estimate of drug-likeness (QED) is 0.827. The van der Waals surface area contributed by atoms with Gasteiger partial charge in [-0.05, 0) is 47.9 Å². The second-order valence-electron chi connectivity index (χ2n) is 4.82. The molecule has 3 nitrogen and oxygen atoms in total. The highest BCUT2D eigenvalue weighted by atomic mass is 16.3. The van der Waals surface area contributed by atoms with Gasteiger partial charge in [-0.2, -0.15) is 0 Å². The standard InChI is InChI=1S/C16H15NO2/c18-14-3-1-2-11(8-14)9-16(19)13-4-5-15-12(10-13)6-7-17-15/h1-5,8,10,17-18H,6-7,9H2. The number of hydrogen-bond acceptors (Lipinski definition) is 3. The van der Waals surface area contributed by atoms with Crippen LogP contribution in [0.3, 0.4) is 0 Å². The molecule has 0 radical (unpaired) electrons.